The van der Waals surface area contributed by atoms with Crippen molar-refractivity contribution < 1.29 is 0 Å². The van der Waals surface area contributed by atoms with Crippen molar-refractivity contribution in [2.75, 3.05) is 4.90 Å². The van der Waals surface area contributed by atoms with Gasteiger partial charge in [-0.15, -0.1) is 0 Å². The molecule has 4 nitrogen and oxygen atoms in total. The number of hydrogen-bond acceptors (Lipinski definition) is 1. The highest BCUT2D eigenvalue weighted by molar-refractivity contribution is 6.20. The van der Waals surface area contributed by atoms with Crippen molar-refractivity contribution in [3.63, 3.8) is 0 Å². The monoisotopic (exact) mass is 842 g/mol. The fraction of sp³-hybridized carbons (Fsp3) is 0. The van der Waals surface area contributed by atoms with E-state index in [4.69, 9.17) is 0 Å². The van der Waals surface area contributed by atoms with Crippen molar-refractivity contribution in [3.8, 4) is 39.3 Å². The number of fused-ring (bicyclic) bond motifs is 7. The van der Waals surface area contributed by atoms with E-state index in [-0.39, 0.29) is 0 Å². The Hall–Kier alpha value is -8.86. The van der Waals surface area contributed by atoms with Gasteiger partial charge in [0.1, 0.15) is 0 Å². The summed E-state index contributed by atoms with van der Waals surface area (Å²) in [7, 11) is 0. The molecule has 0 fully saturated rings. The number of nitrogens with zero attached hydrogens (tertiary/aromatic N) is 4. The van der Waals surface area contributed by atoms with E-state index in [1.807, 2.05) is 0 Å². The molecule has 0 amide bonds. The van der Waals surface area contributed by atoms with Crippen LogP contribution in [0.5, 0.6) is 0 Å². The second-order valence-electron chi connectivity index (χ2n) is 17.0. The average Bonchev–Trinajstić information content (AvgIpc) is 4.06. The van der Waals surface area contributed by atoms with E-state index >= 15 is 0 Å². The average molecular weight is 843 g/mol. The van der Waals surface area contributed by atoms with Crippen LogP contribution < -0.4 is 4.90 Å². The highest BCUT2D eigenvalue weighted by Gasteiger charge is 2.21. The molecule has 4 heteroatoms. The molecule has 0 aliphatic rings. The Morgan fingerprint density at radius 2 is 0.652 bits per heavy atom. The molecule has 0 unspecified atom stereocenters. The van der Waals surface area contributed by atoms with Crippen LogP contribution in [-0.2, 0) is 0 Å². The Morgan fingerprint density at radius 1 is 0.258 bits per heavy atom. The van der Waals surface area contributed by atoms with Crippen LogP contribution in [0.15, 0.2) is 255 Å². The van der Waals surface area contributed by atoms with Crippen LogP contribution in [0.1, 0.15) is 0 Å². The van der Waals surface area contributed by atoms with Gasteiger partial charge < -0.3 is 18.6 Å². The summed E-state index contributed by atoms with van der Waals surface area (Å²) in [6.07, 6.45) is 2.19. The number of aromatic nitrogens is 3. The third-order valence-electron chi connectivity index (χ3n) is 13.2. The molecule has 0 bridgehead atoms. The van der Waals surface area contributed by atoms with Crippen molar-refractivity contribution in [3.05, 3.63) is 255 Å². The zero-order chi connectivity index (χ0) is 43.6. The van der Waals surface area contributed by atoms with E-state index in [1.165, 1.54) is 76.8 Å². The van der Waals surface area contributed by atoms with E-state index in [1.54, 1.807) is 0 Å². The summed E-state index contributed by atoms with van der Waals surface area (Å²) in [5.74, 6) is 0. The second-order valence-corrected chi connectivity index (χ2v) is 17.0. The molecule has 13 aromatic rings. The maximum atomic E-state index is 2.47. The molecule has 0 spiro atoms. The summed E-state index contributed by atoms with van der Waals surface area (Å²) in [5, 5.41) is 6.08. The molecule has 0 aliphatic heterocycles. The second kappa shape index (κ2) is 15.4. The van der Waals surface area contributed by atoms with Gasteiger partial charge >= 0.3 is 0 Å². The number of benzene rings is 10. The zero-order valence-corrected chi connectivity index (χ0v) is 36.0. The molecule has 66 heavy (non-hydrogen) atoms. The Morgan fingerprint density at radius 3 is 1.21 bits per heavy atom. The highest BCUT2D eigenvalue weighted by Crippen LogP contribution is 2.43. The quantitative estimate of drug-likeness (QED) is 0.149. The van der Waals surface area contributed by atoms with E-state index in [0.29, 0.717) is 0 Å². The fourth-order valence-electron chi connectivity index (χ4n) is 10.1. The lowest BCUT2D eigenvalue weighted by Gasteiger charge is -2.26. The molecule has 0 atom stereocenters. The largest absolute Gasteiger partial charge is 0.317 e. The number of anilines is 3. The van der Waals surface area contributed by atoms with Gasteiger partial charge in [-0.05, 0) is 131 Å². The maximum absolute atomic E-state index is 2.47. The smallest absolute Gasteiger partial charge is 0.0548 e. The molecule has 0 saturated heterocycles. The summed E-state index contributed by atoms with van der Waals surface area (Å²) < 4.78 is 7.19. The van der Waals surface area contributed by atoms with Crippen molar-refractivity contribution in [1.82, 2.24) is 13.7 Å². The van der Waals surface area contributed by atoms with Crippen LogP contribution in [0.25, 0.3) is 93.8 Å². The summed E-state index contributed by atoms with van der Waals surface area (Å²) in [6.45, 7) is 0. The van der Waals surface area contributed by atoms with E-state index in [0.717, 1.165) is 34.1 Å². The first-order valence-electron chi connectivity index (χ1n) is 22.6. The van der Waals surface area contributed by atoms with Gasteiger partial charge in [-0.2, -0.15) is 0 Å². The van der Waals surface area contributed by atoms with Gasteiger partial charge in [-0.1, -0.05) is 140 Å². The van der Waals surface area contributed by atoms with Crippen LogP contribution in [0.4, 0.5) is 17.1 Å². The summed E-state index contributed by atoms with van der Waals surface area (Å²) in [6, 6.07) is 90.2. The molecular formula is C62H42N4. The molecular weight excluding hydrogens is 801 g/mol. The maximum Gasteiger partial charge on any atom is 0.0548 e. The number of para-hydroxylation sites is 3. The predicted molar refractivity (Wildman–Crippen MR) is 278 cm³/mol. The van der Waals surface area contributed by atoms with Gasteiger partial charge in [0.15, 0.2) is 0 Å². The third-order valence-corrected chi connectivity index (χ3v) is 13.2. The van der Waals surface area contributed by atoms with Gasteiger partial charge in [0.25, 0.3) is 0 Å². The van der Waals surface area contributed by atoms with Crippen LogP contribution in [0.3, 0.4) is 0 Å². The van der Waals surface area contributed by atoms with Gasteiger partial charge in [0.05, 0.1) is 27.6 Å². The van der Waals surface area contributed by atoms with Crippen LogP contribution in [0, 0.1) is 0 Å². The Bertz CT molecular complexity index is 3780. The van der Waals surface area contributed by atoms with Crippen molar-refractivity contribution in [1.29, 1.82) is 0 Å². The minimum Gasteiger partial charge on any atom is -0.317 e. The van der Waals surface area contributed by atoms with Crippen LogP contribution in [0.2, 0.25) is 0 Å². The fourth-order valence-corrected chi connectivity index (χ4v) is 10.1. The first kappa shape index (κ1) is 37.7. The topological polar surface area (TPSA) is 18.0 Å². The van der Waals surface area contributed by atoms with Crippen LogP contribution >= 0.6 is 0 Å². The normalized spacial score (nSPS) is 11.6. The molecule has 0 aliphatic carbocycles. The lowest BCUT2D eigenvalue weighted by Crippen LogP contribution is -2.10. The molecule has 310 valence electrons. The number of rotatable bonds is 8. The molecule has 0 N–H and O–H groups in total. The van der Waals surface area contributed by atoms with E-state index in [9.17, 15) is 0 Å². The van der Waals surface area contributed by atoms with Gasteiger partial charge in [0.2, 0.25) is 0 Å². The van der Waals surface area contributed by atoms with Crippen LogP contribution in [-0.4, -0.2) is 13.7 Å². The van der Waals surface area contributed by atoms with Gasteiger partial charge in [-0.25, -0.2) is 0 Å². The van der Waals surface area contributed by atoms with Crippen molar-refractivity contribution >= 4 is 71.6 Å². The SMILES string of the molecule is c1ccc(-c2ccc(N(c3ccc(-c4ccccc4)cc3)c3ccc(-n4c5cc6ccn(-c7ccccc7)c6cc5c5cc6c(cc54)c4ccccc4n6-c4ccccc4)cc3)cc2)cc1. The first-order chi connectivity index (χ1) is 32.7. The van der Waals surface area contributed by atoms with E-state index < -0.39 is 0 Å². The molecule has 13 rings (SSSR count). The lowest BCUT2D eigenvalue weighted by molar-refractivity contribution is 1.13. The molecule has 0 saturated carbocycles. The minimum absolute atomic E-state index is 1.08. The zero-order valence-electron chi connectivity index (χ0n) is 36.0. The first-order valence-corrected chi connectivity index (χ1v) is 22.6. The molecule has 3 heterocycles. The summed E-state index contributed by atoms with van der Waals surface area (Å²) in [5.41, 5.74) is 17.4. The highest BCUT2D eigenvalue weighted by atomic mass is 15.1. The minimum atomic E-state index is 1.08. The Kier molecular flexibility index (Phi) is 8.81. The van der Waals surface area contributed by atoms with Gasteiger partial charge in [-0.3, -0.25) is 0 Å². The lowest BCUT2D eigenvalue weighted by atomic mass is 10.0. The third kappa shape index (κ3) is 6.22. The Balaban J connectivity index is 1.00. The standard InChI is InChI=1S/C62H42N4/c1-5-15-43(16-6-1)45-25-29-50(30-26-45)64(51-31-27-46(28-32-51)44-17-7-2-8-18-44)52-33-35-53(36-34-52)66-60-39-47-37-38-63(48-19-9-3-10-20-48)59(47)40-56(60)57-42-61-55(41-62(57)66)54-23-13-14-24-58(54)65(61)49-21-11-4-12-22-49/h1-42H. The molecule has 0 radical (unpaired) electrons. The van der Waals surface area contributed by atoms with Crippen molar-refractivity contribution in [2.45, 2.75) is 0 Å². The Labute approximate surface area is 382 Å². The summed E-state index contributed by atoms with van der Waals surface area (Å²) >= 11 is 0. The summed E-state index contributed by atoms with van der Waals surface area (Å²) in [4.78, 5) is 2.36. The van der Waals surface area contributed by atoms with E-state index in [2.05, 4.69) is 274 Å². The number of hydrogen-bond donors (Lipinski definition) is 0. The van der Waals surface area contributed by atoms with Gasteiger partial charge in [0, 0.05) is 67.3 Å². The molecule has 3 aromatic heterocycles. The van der Waals surface area contributed by atoms with Crippen molar-refractivity contribution in [2.24, 2.45) is 0 Å². The molecule has 10 aromatic carbocycles. The predicted octanol–water partition coefficient (Wildman–Crippen LogP) is 16.6.